The van der Waals surface area contributed by atoms with E-state index in [1.165, 1.54) is 23.9 Å². The number of nitrogens with zero attached hydrogens (tertiary/aromatic N) is 4. The molecule has 3 aromatic rings. The smallest absolute Gasteiger partial charge is 0.387 e. The van der Waals surface area contributed by atoms with E-state index in [2.05, 4.69) is 14.9 Å². The molecule has 6 nitrogen and oxygen atoms in total. The minimum absolute atomic E-state index is 0.0756. The van der Waals surface area contributed by atoms with Gasteiger partial charge in [0.2, 0.25) is 5.91 Å². The second kappa shape index (κ2) is 9.71. The average Bonchev–Trinajstić information content (AvgIpc) is 3.08. The highest BCUT2D eigenvalue weighted by Crippen LogP contribution is 2.25. The molecule has 0 fully saturated rings. The number of carbonyl (C=O) groups is 1. The van der Waals surface area contributed by atoms with E-state index in [-0.39, 0.29) is 17.4 Å². The van der Waals surface area contributed by atoms with Crippen LogP contribution in [-0.4, -0.2) is 45.0 Å². The van der Waals surface area contributed by atoms with Crippen molar-refractivity contribution < 1.29 is 18.3 Å². The first-order valence-corrected chi connectivity index (χ1v) is 10.2. The lowest BCUT2D eigenvalue weighted by Crippen LogP contribution is -2.27. The molecule has 0 N–H and O–H groups in total. The van der Waals surface area contributed by atoms with Crippen LogP contribution >= 0.6 is 11.8 Å². The molecular weight excluding hydrogens is 410 g/mol. The van der Waals surface area contributed by atoms with Gasteiger partial charge in [-0.1, -0.05) is 48.2 Å². The zero-order chi connectivity index (χ0) is 21.7. The Morgan fingerprint density at radius 1 is 1.17 bits per heavy atom. The van der Waals surface area contributed by atoms with Crippen LogP contribution in [0.2, 0.25) is 0 Å². The van der Waals surface area contributed by atoms with Crippen molar-refractivity contribution in [2.45, 2.75) is 25.2 Å². The zero-order valence-corrected chi connectivity index (χ0v) is 17.7. The van der Waals surface area contributed by atoms with E-state index in [9.17, 15) is 13.6 Å². The lowest BCUT2D eigenvalue weighted by Gasteiger charge is -2.17. The second-order valence-electron chi connectivity index (χ2n) is 6.74. The summed E-state index contributed by atoms with van der Waals surface area (Å²) in [6.45, 7) is -0.479. The van der Waals surface area contributed by atoms with Crippen molar-refractivity contribution in [1.82, 2.24) is 19.7 Å². The highest BCUT2D eigenvalue weighted by atomic mass is 32.2. The van der Waals surface area contributed by atoms with Crippen molar-refractivity contribution >= 4 is 17.7 Å². The summed E-state index contributed by atoms with van der Waals surface area (Å²) in [6, 6.07) is 14.2. The molecule has 9 heteroatoms. The fourth-order valence-electron chi connectivity index (χ4n) is 2.87. The summed E-state index contributed by atoms with van der Waals surface area (Å²) >= 11 is 1.32. The molecule has 1 amide bonds. The van der Waals surface area contributed by atoms with Crippen molar-refractivity contribution in [1.29, 1.82) is 0 Å². The molecule has 0 atom stereocenters. The Hall–Kier alpha value is -2.94. The maximum absolute atomic E-state index is 12.5. The quantitative estimate of drug-likeness (QED) is 0.501. The molecule has 2 aromatic carbocycles. The van der Waals surface area contributed by atoms with E-state index in [0.29, 0.717) is 11.7 Å². The summed E-state index contributed by atoms with van der Waals surface area (Å²) in [5.41, 5.74) is 2.92. The number of amides is 1. The summed E-state index contributed by atoms with van der Waals surface area (Å²) in [4.78, 5) is 14.1. The van der Waals surface area contributed by atoms with Crippen molar-refractivity contribution in [3.8, 4) is 17.1 Å². The van der Waals surface area contributed by atoms with Crippen LogP contribution < -0.4 is 4.74 Å². The van der Waals surface area contributed by atoms with Crippen molar-refractivity contribution in [3.63, 3.8) is 0 Å². The van der Waals surface area contributed by atoms with Gasteiger partial charge < -0.3 is 14.2 Å². The minimum atomic E-state index is -2.86. The molecule has 0 saturated carbocycles. The van der Waals surface area contributed by atoms with Gasteiger partial charge in [-0.15, -0.1) is 10.2 Å². The number of halogens is 2. The molecule has 1 heterocycles. The summed E-state index contributed by atoms with van der Waals surface area (Å²) < 4.78 is 30.6. The van der Waals surface area contributed by atoms with Crippen LogP contribution in [0.1, 0.15) is 11.1 Å². The number of alkyl halides is 2. The lowest BCUT2D eigenvalue weighted by atomic mass is 10.1. The van der Waals surface area contributed by atoms with Gasteiger partial charge in [-0.25, -0.2) is 0 Å². The molecule has 30 heavy (non-hydrogen) atoms. The monoisotopic (exact) mass is 432 g/mol. The van der Waals surface area contributed by atoms with Gasteiger partial charge in [0, 0.05) is 26.2 Å². The Balaban J connectivity index is 1.57. The van der Waals surface area contributed by atoms with Crippen LogP contribution in [0.3, 0.4) is 0 Å². The fraction of sp³-hybridized carbons (Fsp3) is 0.286. The number of carbonyl (C=O) groups excluding carboxylic acids is 1. The Morgan fingerprint density at radius 2 is 1.87 bits per heavy atom. The molecule has 1 aromatic heterocycles. The average molecular weight is 432 g/mol. The minimum Gasteiger partial charge on any atom is -0.435 e. The van der Waals surface area contributed by atoms with Gasteiger partial charge >= 0.3 is 6.61 Å². The number of thioether (sulfide) groups is 1. The van der Waals surface area contributed by atoms with Gasteiger partial charge in [0.05, 0.1) is 5.75 Å². The van der Waals surface area contributed by atoms with Crippen molar-refractivity contribution in [2.24, 2.45) is 7.05 Å². The fourth-order valence-corrected chi connectivity index (χ4v) is 3.73. The van der Waals surface area contributed by atoms with Crippen LogP contribution in [0.4, 0.5) is 8.78 Å². The largest absolute Gasteiger partial charge is 0.435 e. The highest BCUT2D eigenvalue weighted by Gasteiger charge is 2.16. The summed E-state index contributed by atoms with van der Waals surface area (Å²) in [6.07, 6.45) is 0. The Kier molecular flexibility index (Phi) is 7.04. The van der Waals surface area contributed by atoms with Crippen LogP contribution in [0.5, 0.6) is 5.75 Å². The van der Waals surface area contributed by atoms with Gasteiger partial charge in [-0.05, 0) is 30.2 Å². The number of aryl methyl sites for hydroxylation is 1. The van der Waals surface area contributed by atoms with Crippen LogP contribution in [0, 0.1) is 6.92 Å². The van der Waals surface area contributed by atoms with Gasteiger partial charge in [0.25, 0.3) is 0 Å². The van der Waals surface area contributed by atoms with E-state index >= 15 is 0 Å². The third kappa shape index (κ3) is 5.35. The molecule has 0 unspecified atom stereocenters. The van der Waals surface area contributed by atoms with Gasteiger partial charge in [0.1, 0.15) is 5.75 Å². The molecular formula is C21H22F2N4O2S. The SMILES string of the molecule is Cc1ccccc1-c1nnc(SCC(=O)N(C)Cc2ccc(OC(F)F)cc2)n1C. The topological polar surface area (TPSA) is 60.3 Å². The zero-order valence-electron chi connectivity index (χ0n) is 16.9. The number of benzene rings is 2. The first-order valence-electron chi connectivity index (χ1n) is 9.21. The van der Waals surface area contributed by atoms with Gasteiger partial charge in [-0.2, -0.15) is 8.78 Å². The standard InChI is InChI=1S/C21H22F2N4O2S/c1-14-6-4-5-7-17(14)19-24-25-21(27(19)3)30-13-18(28)26(2)12-15-8-10-16(11-9-15)29-20(22)23/h4-11,20H,12-13H2,1-3H3. The summed E-state index contributed by atoms with van der Waals surface area (Å²) in [5.74, 6) is 0.976. The summed E-state index contributed by atoms with van der Waals surface area (Å²) in [5, 5.41) is 9.14. The summed E-state index contributed by atoms with van der Waals surface area (Å²) in [7, 11) is 3.57. The van der Waals surface area contributed by atoms with E-state index < -0.39 is 6.61 Å². The number of ether oxygens (including phenoxy) is 1. The number of rotatable bonds is 8. The van der Waals surface area contributed by atoms with E-state index in [4.69, 9.17) is 0 Å². The van der Waals surface area contributed by atoms with Crippen LogP contribution in [-0.2, 0) is 18.4 Å². The van der Waals surface area contributed by atoms with Crippen molar-refractivity contribution in [3.05, 3.63) is 59.7 Å². The molecule has 0 spiro atoms. The van der Waals surface area contributed by atoms with Crippen molar-refractivity contribution in [2.75, 3.05) is 12.8 Å². The maximum Gasteiger partial charge on any atom is 0.387 e. The second-order valence-corrected chi connectivity index (χ2v) is 7.68. The van der Waals surface area contributed by atoms with E-state index in [1.54, 1.807) is 24.1 Å². The molecule has 3 rings (SSSR count). The molecule has 0 bridgehead atoms. The Morgan fingerprint density at radius 3 is 2.53 bits per heavy atom. The maximum atomic E-state index is 12.5. The van der Waals surface area contributed by atoms with Gasteiger partial charge in [-0.3, -0.25) is 4.79 Å². The highest BCUT2D eigenvalue weighted by molar-refractivity contribution is 7.99. The molecule has 158 valence electrons. The Labute approximate surface area is 177 Å². The number of hydrogen-bond donors (Lipinski definition) is 0. The number of hydrogen-bond acceptors (Lipinski definition) is 5. The predicted octanol–water partition coefficient (Wildman–Crippen LogP) is 4.14. The van der Waals surface area contributed by atoms with Gasteiger partial charge in [0.15, 0.2) is 11.0 Å². The normalized spacial score (nSPS) is 11.0. The van der Waals surface area contributed by atoms with Crippen LogP contribution in [0.15, 0.2) is 53.7 Å². The first kappa shape index (κ1) is 21.8. The molecule has 0 saturated heterocycles. The van der Waals surface area contributed by atoms with E-state index in [1.807, 2.05) is 42.8 Å². The Bertz CT molecular complexity index is 1010. The third-order valence-electron chi connectivity index (χ3n) is 4.54. The number of aromatic nitrogens is 3. The third-order valence-corrected chi connectivity index (χ3v) is 5.54. The molecule has 0 radical (unpaired) electrons. The first-order chi connectivity index (χ1) is 14.3. The predicted molar refractivity (Wildman–Crippen MR) is 111 cm³/mol. The lowest BCUT2D eigenvalue weighted by molar-refractivity contribution is -0.127. The molecule has 0 aliphatic carbocycles. The van der Waals surface area contributed by atoms with Crippen LogP contribution in [0.25, 0.3) is 11.4 Å². The molecule has 0 aliphatic rings. The molecule has 0 aliphatic heterocycles. The van der Waals surface area contributed by atoms with E-state index in [0.717, 1.165) is 22.5 Å².